The Bertz CT molecular complexity index is 440. The number of rotatable bonds is 6. The minimum Gasteiger partial charge on any atom is -0.481 e. The third kappa shape index (κ3) is 4.62. The number of carboxylic acids is 1. The van der Waals surface area contributed by atoms with Gasteiger partial charge in [0.15, 0.2) is 0 Å². The molecule has 1 N–H and O–H groups in total. The van der Waals surface area contributed by atoms with E-state index in [-0.39, 0.29) is 6.42 Å². The number of nitrogens with zero attached hydrogens (tertiary/aromatic N) is 2. The van der Waals surface area contributed by atoms with Crippen molar-refractivity contribution in [2.75, 3.05) is 32.7 Å². The van der Waals surface area contributed by atoms with Crippen LogP contribution in [-0.2, 0) is 11.3 Å². The molecule has 1 aromatic carbocycles. The van der Waals surface area contributed by atoms with Crippen LogP contribution < -0.4 is 0 Å². The zero-order valence-corrected chi connectivity index (χ0v) is 12.2. The van der Waals surface area contributed by atoms with E-state index in [4.69, 9.17) is 5.11 Å². The standard InChI is InChI=1S/C16H24N2O2/c1-14-5-2-3-6-15(14)13-18-11-9-17(10-12-18)8-4-7-16(19)20/h2-3,5-6H,4,7-13H2,1H3,(H,19,20). The van der Waals surface area contributed by atoms with Gasteiger partial charge in [-0.3, -0.25) is 9.69 Å². The molecule has 4 heteroatoms. The molecular weight excluding hydrogens is 252 g/mol. The molecule has 20 heavy (non-hydrogen) atoms. The summed E-state index contributed by atoms with van der Waals surface area (Å²) in [5, 5.41) is 8.65. The van der Waals surface area contributed by atoms with Gasteiger partial charge in [-0.2, -0.15) is 0 Å². The lowest BCUT2D eigenvalue weighted by atomic mass is 10.1. The third-order valence-corrected chi connectivity index (χ3v) is 3.99. The quantitative estimate of drug-likeness (QED) is 0.863. The van der Waals surface area contributed by atoms with E-state index in [0.717, 1.165) is 45.7 Å². The van der Waals surface area contributed by atoms with Gasteiger partial charge >= 0.3 is 5.97 Å². The van der Waals surface area contributed by atoms with Gasteiger partial charge in [0.25, 0.3) is 0 Å². The van der Waals surface area contributed by atoms with E-state index < -0.39 is 5.97 Å². The Hall–Kier alpha value is -1.39. The molecule has 110 valence electrons. The van der Waals surface area contributed by atoms with Crippen LogP contribution in [0.2, 0.25) is 0 Å². The van der Waals surface area contributed by atoms with Crippen molar-refractivity contribution in [3.05, 3.63) is 35.4 Å². The van der Waals surface area contributed by atoms with Crippen LogP contribution >= 0.6 is 0 Å². The SMILES string of the molecule is Cc1ccccc1CN1CCN(CCCC(=O)O)CC1. The van der Waals surface area contributed by atoms with Gasteiger partial charge in [0, 0.05) is 39.1 Å². The van der Waals surface area contributed by atoms with E-state index in [1.54, 1.807) is 0 Å². The summed E-state index contributed by atoms with van der Waals surface area (Å²) >= 11 is 0. The number of carboxylic acid groups (broad SMARTS) is 1. The highest BCUT2D eigenvalue weighted by Gasteiger charge is 2.17. The fraction of sp³-hybridized carbons (Fsp3) is 0.562. The molecule has 0 amide bonds. The largest absolute Gasteiger partial charge is 0.481 e. The molecule has 1 aliphatic heterocycles. The van der Waals surface area contributed by atoms with Gasteiger partial charge in [0.2, 0.25) is 0 Å². The molecular formula is C16H24N2O2. The van der Waals surface area contributed by atoms with E-state index >= 15 is 0 Å². The predicted octanol–water partition coefficient (Wildman–Crippen LogP) is 1.98. The molecule has 0 atom stereocenters. The molecule has 0 spiro atoms. The molecule has 0 bridgehead atoms. The normalized spacial score (nSPS) is 17.2. The first kappa shape index (κ1) is 15.0. The molecule has 1 aliphatic rings. The Morgan fingerprint density at radius 2 is 1.80 bits per heavy atom. The molecule has 4 nitrogen and oxygen atoms in total. The summed E-state index contributed by atoms with van der Waals surface area (Å²) < 4.78 is 0. The second kappa shape index (κ2) is 7.41. The van der Waals surface area contributed by atoms with Gasteiger partial charge in [0.05, 0.1) is 0 Å². The van der Waals surface area contributed by atoms with Gasteiger partial charge in [-0.1, -0.05) is 24.3 Å². The molecule has 0 saturated carbocycles. The Balaban J connectivity index is 1.72. The number of carbonyl (C=O) groups is 1. The van der Waals surface area contributed by atoms with Gasteiger partial charge in [-0.15, -0.1) is 0 Å². The minimum atomic E-state index is -0.691. The van der Waals surface area contributed by atoms with Crippen LogP contribution in [0.5, 0.6) is 0 Å². The summed E-state index contributed by atoms with van der Waals surface area (Å²) in [5.74, 6) is -0.691. The molecule has 1 heterocycles. The monoisotopic (exact) mass is 276 g/mol. The Kier molecular flexibility index (Phi) is 5.56. The fourth-order valence-corrected chi connectivity index (χ4v) is 2.65. The second-order valence-electron chi connectivity index (χ2n) is 5.54. The molecule has 0 radical (unpaired) electrons. The first-order valence-corrected chi connectivity index (χ1v) is 7.36. The Morgan fingerprint density at radius 1 is 1.15 bits per heavy atom. The summed E-state index contributed by atoms with van der Waals surface area (Å²) in [4.78, 5) is 15.4. The number of aliphatic carboxylic acids is 1. The van der Waals surface area contributed by atoms with Gasteiger partial charge in [-0.25, -0.2) is 0 Å². The number of hydrogen-bond acceptors (Lipinski definition) is 3. The summed E-state index contributed by atoms with van der Waals surface area (Å²) in [6, 6.07) is 8.55. The summed E-state index contributed by atoms with van der Waals surface area (Å²) in [5.41, 5.74) is 2.77. The first-order chi connectivity index (χ1) is 9.65. The van der Waals surface area contributed by atoms with Crippen LogP contribution in [0.3, 0.4) is 0 Å². The maximum absolute atomic E-state index is 10.5. The zero-order chi connectivity index (χ0) is 14.4. The lowest BCUT2D eigenvalue weighted by Crippen LogP contribution is -2.46. The smallest absolute Gasteiger partial charge is 0.303 e. The topological polar surface area (TPSA) is 43.8 Å². The van der Waals surface area contributed by atoms with Crippen molar-refractivity contribution in [2.45, 2.75) is 26.3 Å². The highest BCUT2D eigenvalue weighted by atomic mass is 16.4. The van der Waals surface area contributed by atoms with Crippen LogP contribution in [0.1, 0.15) is 24.0 Å². The van der Waals surface area contributed by atoms with Crippen LogP contribution in [-0.4, -0.2) is 53.6 Å². The predicted molar refractivity (Wildman–Crippen MR) is 79.8 cm³/mol. The lowest BCUT2D eigenvalue weighted by Gasteiger charge is -2.34. The number of hydrogen-bond donors (Lipinski definition) is 1. The lowest BCUT2D eigenvalue weighted by molar-refractivity contribution is -0.137. The van der Waals surface area contributed by atoms with Crippen molar-refractivity contribution in [1.82, 2.24) is 9.80 Å². The van der Waals surface area contributed by atoms with Crippen molar-refractivity contribution in [3.8, 4) is 0 Å². The molecule has 0 unspecified atom stereocenters. The van der Waals surface area contributed by atoms with Gasteiger partial charge < -0.3 is 10.0 Å². The molecule has 1 aromatic rings. The van der Waals surface area contributed by atoms with E-state index in [9.17, 15) is 4.79 Å². The average Bonchev–Trinajstić information content (AvgIpc) is 2.43. The summed E-state index contributed by atoms with van der Waals surface area (Å²) in [7, 11) is 0. The minimum absolute atomic E-state index is 0.281. The van der Waals surface area contributed by atoms with Crippen LogP contribution in [0, 0.1) is 6.92 Å². The van der Waals surface area contributed by atoms with Crippen molar-refractivity contribution < 1.29 is 9.90 Å². The van der Waals surface area contributed by atoms with Crippen molar-refractivity contribution in [1.29, 1.82) is 0 Å². The maximum atomic E-state index is 10.5. The molecule has 2 rings (SSSR count). The maximum Gasteiger partial charge on any atom is 0.303 e. The fourth-order valence-electron chi connectivity index (χ4n) is 2.65. The Labute approximate surface area is 121 Å². The summed E-state index contributed by atoms with van der Waals surface area (Å²) in [6.45, 7) is 8.33. The average molecular weight is 276 g/mol. The second-order valence-corrected chi connectivity index (χ2v) is 5.54. The van der Waals surface area contributed by atoms with Crippen LogP contribution in [0.15, 0.2) is 24.3 Å². The summed E-state index contributed by atoms with van der Waals surface area (Å²) in [6.07, 6.45) is 1.04. The third-order valence-electron chi connectivity index (χ3n) is 3.99. The number of piperazine rings is 1. The van der Waals surface area contributed by atoms with Gasteiger partial charge in [-0.05, 0) is 31.0 Å². The molecule has 0 aliphatic carbocycles. The Morgan fingerprint density at radius 3 is 2.45 bits per heavy atom. The van der Waals surface area contributed by atoms with Crippen LogP contribution in [0.4, 0.5) is 0 Å². The van der Waals surface area contributed by atoms with Crippen molar-refractivity contribution in [2.24, 2.45) is 0 Å². The highest BCUT2D eigenvalue weighted by Crippen LogP contribution is 2.12. The van der Waals surface area contributed by atoms with E-state index in [1.165, 1.54) is 11.1 Å². The van der Waals surface area contributed by atoms with Crippen molar-refractivity contribution >= 4 is 5.97 Å². The van der Waals surface area contributed by atoms with E-state index in [1.807, 2.05) is 0 Å². The van der Waals surface area contributed by atoms with E-state index in [0.29, 0.717) is 0 Å². The van der Waals surface area contributed by atoms with Crippen LogP contribution in [0.25, 0.3) is 0 Å². The number of aryl methyl sites for hydroxylation is 1. The molecule has 1 saturated heterocycles. The van der Waals surface area contributed by atoms with E-state index in [2.05, 4.69) is 41.0 Å². The highest BCUT2D eigenvalue weighted by molar-refractivity contribution is 5.66. The molecule has 1 fully saturated rings. The zero-order valence-electron chi connectivity index (χ0n) is 12.2. The molecule has 0 aromatic heterocycles. The van der Waals surface area contributed by atoms with Gasteiger partial charge in [0.1, 0.15) is 0 Å². The number of benzene rings is 1. The first-order valence-electron chi connectivity index (χ1n) is 7.36. The van der Waals surface area contributed by atoms with Crippen molar-refractivity contribution in [3.63, 3.8) is 0 Å².